The Bertz CT molecular complexity index is 489. The average Bonchev–Trinajstić information content (AvgIpc) is 2.62. The summed E-state index contributed by atoms with van der Waals surface area (Å²) in [6.07, 6.45) is 0. The quantitative estimate of drug-likeness (QED) is 0.660. The molecule has 0 aliphatic heterocycles. The molecular formula is C10H10ClN3S. The molecule has 0 unspecified atom stereocenters. The fourth-order valence-electron chi connectivity index (χ4n) is 1.38. The van der Waals surface area contributed by atoms with Crippen molar-refractivity contribution in [1.82, 2.24) is 14.8 Å². The molecule has 2 rings (SSSR count). The van der Waals surface area contributed by atoms with Crippen LogP contribution in [0.15, 0.2) is 30.3 Å². The second-order valence-corrected chi connectivity index (χ2v) is 3.80. The summed E-state index contributed by atoms with van der Waals surface area (Å²) in [5, 5.41) is 6.78. The van der Waals surface area contributed by atoms with Gasteiger partial charge in [0.25, 0.3) is 0 Å². The Morgan fingerprint density at radius 2 is 2.07 bits per heavy atom. The van der Waals surface area contributed by atoms with Gasteiger partial charge in [-0.05, 0) is 17.8 Å². The number of aromatic amines is 1. The topological polar surface area (TPSA) is 33.6 Å². The van der Waals surface area contributed by atoms with Gasteiger partial charge in [-0.3, -0.25) is 9.67 Å². The predicted octanol–water partition coefficient (Wildman–Crippen LogP) is 2.73. The second-order valence-electron chi connectivity index (χ2n) is 3.15. The normalized spacial score (nSPS) is 10.5. The summed E-state index contributed by atoms with van der Waals surface area (Å²) in [5.74, 6) is 1.13. The number of benzene rings is 1. The fourth-order valence-corrected chi connectivity index (χ4v) is 1.80. The van der Waals surface area contributed by atoms with Crippen molar-refractivity contribution in [2.75, 3.05) is 0 Å². The summed E-state index contributed by atoms with van der Waals surface area (Å²) < 4.78 is 2.51. The smallest absolute Gasteiger partial charge is 0.195 e. The fraction of sp³-hybridized carbons (Fsp3) is 0.200. The Balaban J connectivity index is 2.32. The second kappa shape index (κ2) is 4.59. The van der Waals surface area contributed by atoms with E-state index in [1.807, 2.05) is 34.9 Å². The zero-order valence-electron chi connectivity index (χ0n) is 7.98. The van der Waals surface area contributed by atoms with Crippen LogP contribution in [0.3, 0.4) is 0 Å². The first-order valence-electron chi connectivity index (χ1n) is 4.55. The van der Waals surface area contributed by atoms with Crippen LogP contribution in [-0.4, -0.2) is 14.8 Å². The maximum absolute atomic E-state index is 5.76. The molecule has 0 aliphatic rings. The molecule has 2 aromatic rings. The minimum Gasteiger partial charge on any atom is -0.299 e. The van der Waals surface area contributed by atoms with Gasteiger partial charge in [-0.1, -0.05) is 30.3 Å². The summed E-state index contributed by atoms with van der Waals surface area (Å²) in [7, 11) is 0. The van der Waals surface area contributed by atoms with Crippen LogP contribution in [0.25, 0.3) is 0 Å². The van der Waals surface area contributed by atoms with E-state index in [4.69, 9.17) is 23.8 Å². The first-order chi connectivity index (χ1) is 7.31. The van der Waals surface area contributed by atoms with E-state index < -0.39 is 0 Å². The maximum Gasteiger partial charge on any atom is 0.195 e. The molecule has 0 spiro atoms. The van der Waals surface area contributed by atoms with Gasteiger partial charge >= 0.3 is 0 Å². The number of H-pyrrole nitrogens is 1. The molecule has 15 heavy (non-hydrogen) atoms. The highest BCUT2D eigenvalue weighted by Crippen LogP contribution is 2.07. The number of hydrogen-bond donors (Lipinski definition) is 1. The van der Waals surface area contributed by atoms with E-state index in [2.05, 4.69) is 10.2 Å². The molecule has 78 valence electrons. The molecule has 0 bridgehead atoms. The van der Waals surface area contributed by atoms with Crippen LogP contribution < -0.4 is 0 Å². The third-order valence-electron chi connectivity index (χ3n) is 2.14. The Morgan fingerprint density at radius 1 is 1.33 bits per heavy atom. The summed E-state index contributed by atoms with van der Waals surface area (Å²) >= 11 is 10.9. The van der Waals surface area contributed by atoms with Crippen LogP contribution in [0.4, 0.5) is 0 Å². The molecule has 0 aliphatic carbocycles. The predicted molar refractivity (Wildman–Crippen MR) is 62.5 cm³/mol. The molecule has 0 amide bonds. The summed E-state index contributed by atoms with van der Waals surface area (Å²) in [6, 6.07) is 10.1. The van der Waals surface area contributed by atoms with E-state index in [9.17, 15) is 0 Å². The first-order valence-corrected chi connectivity index (χ1v) is 5.49. The Kier molecular flexibility index (Phi) is 3.18. The van der Waals surface area contributed by atoms with E-state index in [0.717, 1.165) is 5.82 Å². The molecule has 5 heteroatoms. The number of nitrogens with zero attached hydrogens (tertiary/aromatic N) is 2. The number of hydrogen-bond acceptors (Lipinski definition) is 2. The molecule has 0 radical (unpaired) electrons. The molecular weight excluding hydrogens is 230 g/mol. The minimum absolute atomic E-state index is 0.361. The largest absolute Gasteiger partial charge is 0.299 e. The maximum atomic E-state index is 5.76. The Hall–Kier alpha value is -1.13. The lowest BCUT2D eigenvalue weighted by Gasteiger charge is -2.04. The van der Waals surface area contributed by atoms with Crippen molar-refractivity contribution in [3.05, 3.63) is 46.5 Å². The van der Waals surface area contributed by atoms with Crippen molar-refractivity contribution in [1.29, 1.82) is 0 Å². The van der Waals surface area contributed by atoms with E-state index in [0.29, 0.717) is 17.2 Å². The van der Waals surface area contributed by atoms with Crippen LogP contribution in [0.5, 0.6) is 0 Å². The van der Waals surface area contributed by atoms with E-state index in [1.54, 1.807) is 0 Å². The third kappa shape index (κ3) is 2.27. The van der Waals surface area contributed by atoms with Crippen LogP contribution >= 0.6 is 23.8 Å². The van der Waals surface area contributed by atoms with Crippen molar-refractivity contribution < 1.29 is 0 Å². The highest BCUT2D eigenvalue weighted by Gasteiger charge is 2.04. The lowest BCUT2D eigenvalue weighted by Crippen LogP contribution is -2.03. The van der Waals surface area contributed by atoms with E-state index in [-0.39, 0.29) is 0 Å². The van der Waals surface area contributed by atoms with Crippen molar-refractivity contribution in [3.8, 4) is 0 Å². The summed E-state index contributed by atoms with van der Waals surface area (Å²) in [6.45, 7) is 0.707. The monoisotopic (exact) mass is 239 g/mol. The van der Waals surface area contributed by atoms with Crippen LogP contribution in [0, 0.1) is 4.77 Å². The van der Waals surface area contributed by atoms with Crippen LogP contribution in [0.1, 0.15) is 11.4 Å². The first kappa shape index (κ1) is 10.4. The molecule has 0 fully saturated rings. The van der Waals surface area contributed by atoms with Crippen molar-refractivity contribution >= 4 is 23.8 Å². The van der Waals surface area contributed by atoms with Gasteiger partial charge in [0, 0.05) is 0 Å². The number of rotatable bonds is 3. The number of alkyl halides is 1. The summed E-state index contributed by atoms with van der Waals surface area (Å²) in [4.78, 5) is 0. The SMILES string of the molecule is S=c1[nH]nc(CCl)n1Cc1ccccc1. The van der Waals surface area contributed by atoms with Crippen molar-refractivity contribution in [2.24, 2.45) is 0 Å². The van der Waals surface area contributed by atoms with E-state index >= 15 is 0 Å². The van der Waals surface area contributed by atoms with Gasteiger partial charge in [-0.15, -0.1) is 11.6 Å². The molecule has 1 aromatic carbocycles. The minimum atomic E-state index is 0.361. The van der Waals surface area contributed by atoms with Crippen LogP contribution in [0.2, 0.25) is 0 Å². The number of aromatic nitrogens is 3. The van der Waals surface area contributed by atoms with Crippen molar-refractivity contribution in [3.63, 3.8) is 0 Å². The van der Waals surface area contributed by atoms with Gasteiger partial charge in [0.2, 0.25) is 0 Å². The molecule has 1 N–H and O–H groups in total. The third-order valence-corrected chi connectivity index (χ3v) is 2.69. The molecule has 0 saturated carbocycles. The molecule has 3 nitrogen and oxygen atoms in total. The van der Waals surface area contributed by atoms with Crippen LogP contribution in [-0.2, 0) is 12.4 Å². The molecule has 0 saturated heterocycles. The molecule has 0 atom stereocenters. The van der Waals surface area contributed by atoms with Gasteiger partial charge in [-0.2, -0.15) is 5.10 Å². The highest BCUT2D eigenvalue weighted by molar-refractivity contribution is 7.71. The molecule has 1 heterocycles. The van der Waals surface area contributed by atoms with Gasteiger partial charge in [0.1, 0.15) is 5.82 Å². The lowest BCUT2D eigenvalue weighted by molar-refractivity contribution is 0.745. The highest BCUT2D eigenvalue weighted by atomic mass is 35.5. The standard InChI is InChI=1S/C10H10ClN3S/c11-6-9-12-13-10(15)14(9)7-8-4-2-1-3-5-8/h1-5H,6-7H2,(H,13,15). The van der Waals surface area contributed by atoms with Gasteiger partial charge in [0.15, 0.2) is 4.77 Å². The van der Waals surface area contributed by atoms with Crippen molar-refractivity contribution in [2.45, 2.75) is 12.4 Å². The zero-order chi connectivity index (χ0) is 10.7. The van der Waals surface area contributed by atoms with Gasteiger partial charge in [0.05, 0.1) is 12.4 Å². The average molecular weight is 240 g/mol. The number of nitrogens with one attached hydrogen (secondary N) is 1. The van der Waals surface area contributed by atoms with Gasteiger partial charge in [-0.25, -0.2) is 0 Å². The Labute approximate surface area is 97.7 Å². The van der Waals surface area contributed by atoms with Gasteiger partial charge < -0.3 is 0 Å². The van der Waals surface area contributed by atoms with E-state index in [1.165, 1.54) is 5.56 Å². The Morgan fingerprint density at radius 3 is 2.73 bits per heavy atom. The molecule has 1 aromatic heterocycles. The number of halogens is 1. The zero-order valence-corrected chi connectivity index (χ0v) is 9.55. The lowest BCUT2D eigenvalue weighted by atomic mass is 10.2. The summed E-state index contributed by atoms with van der Waals surface area (Å²) in [5.41, 5.74) is 1.18.